The fourth-order valence-corrected chi connectivity index (χ4v) is 3.23. The summed E-state index contributed by atoms with van der Waals surface area (Å²) in [5.74, 6) is 0.794. The quantitative estimate of drug-likeness (QED) is 0.614. The summed E-state index contributed by atoms with van der Waals surface area (Å²) in [7, 11) is 0. The maximum atomic E-state index is 3.67. The van der Waals surface area contributed by atoms with Gasteiger partial charge in [0.05, 0.1) is 0 Å². The number of benzene rings is 1. The van der Waals surface area contributed by atoms with Gasteiger partial charge in [0.25, 0.3) is 0 Å². The lowest BCUT2D eigenvalue weighted by molar-refractivity contribution is 0.442. The van der Waals surface area contributed by atoms with Crippen molar-refractivity contribution in [1.82, 2.24) is 0 Å². The molecule has 0 nitrogen and oxygen atoms in total. The molecule has 1 saturated carbocycles. The van der Waals surface area contributed by atoms with Crippen molar-refractivity contribution in [2.45, 2.75) is 64.2 Å². The predicted molar refractivity (Wildman–Crippen MR) is 78.7 cm³/mol. The van der Waals surface area contributed by atoms with Gasteiger partial charge < -0.3 is 0 Å². The van der Waals surface area contributed by atoms with E-state index in [1.807, 2.05) is 0 Å². The highest BCUT2D eigenvalue weighted by atomic mass is 79.9. The molecule has 94 valence electrons. The summed E-state index contributed by atoms with van der Waals surface area (Å²) in [6, 6.07) is 7.03. The van der Waals surface area contributed by atoms with Gasteiger partial charge in [-0.25, -0.2) is 0 Å². The molecule has 1 fully saturated rings. The highest BCUT2D eigenvalue weighted by Gasteiger charge is 2.19. The third-order valence-electron chi connectivity index (χ3n) is 3.86. The molecule has 1 aliphatic rings. The third kappa shape index (κ3) is 3.34. The molecule has 1 aliphatic carbocycles. The van der Waals surface area contributed by atoms with Gasteiger partial charge in [0.15, 0.2) is 0 Å². The highest BCUT2D eigenvalue weighted by Crippen LogP contribution is 2.36. The normalized spacial score (nSPS) is 18.4. The molecular weight excluding hydrogens is 272 g/mol. The van der Waals surface area contributed by atoms with Crippen LogP contribution in [-0.4, -0.2) is 0 Å². The van der Waals surface area contributed by atoms with Crippen LogP contribution in [0.4, 0.5) is 0 Å². The summed E-state index contributed by atoms with van der Waals surface area (Å²) in [6.07, 6.45) is 6.99. The van der Waals surface area contributed by atoms with E-state index in [-0.39, 0.29) is 5.41 Å². The zero-order chi connectivity index (χ0) is 12.5. The lowest BCUT2D eigenvalue weighted by Gasteiger charge is -2.25. The number of halogens is 1. The Labute approximate surface area is 114 Å². The van der Waals surface area contributed by atoms with Gasteiger partial charge >= 0.3 is 0 Å². The van der Waals surface area contributed by atoms with Gasteiger partial charge in [0, 0.05) is 4.47 Å². The molecular formula is C16H23Br. The molecule has 1 aromatic rings. The molecule has 17 heavy (non-hydrogen) atoms. The summed E-state index contributed by atoms with van der Waals surface area (Å²) in [4.78, 5) is 0. The van der Waals surface area contributed by atoms with Crippen LogP contribution < -0.4 is 0 Å². The molecule has 0 heterocycles. The number of hydrogen-bond donors (Lipinski definition) is 0. The second kappa shape index (κ2) is 5.14. The second-order valence-electron chi connectivity index (χ2n) is 6.36. The van der Waals surface area contributed by atoms with Crippen LogP contribution in [0.1, 0.15) is 69.9 Å². The van der Waals surface area contributed by atoms with Crippen LogP contribution in [0, 0.1) is 0 Å². The second-order valence-corrected chi connectivity index (χ2v) is 7.27. The molecule has 0 saturated heterocycles. The van der Waals surface area contributed by atoms with Crippen LogP contribution in [-0.2, 0) is 5.41 Å². The first-order valence-electron chi connectivity index (χ1n) is 6.78. The van der Waals surface area contributed by atoms with Gasteiger partial charge in [-0.3, -0.25) is 0 Å². The van der Waals surface area contributed by atoms with E-state index in [2.05, 4.69) is 54.9 Å². The first-order valence-corrected chi connectivity index (χ1v) is 7.57. The molecule has 1 heteroatoms. The van der Waals surface area contributed by atoms with Crippen LogP contribution in [0.25, 0.3) is 0 Å². The maximum absolute atomic E-state index is 3.67. The highest BCUT2D eigenvalue weighted by molar-refractivity contribution is 9.10. The average Bonchev–Trinajstić information content (AvgIpc) is 2.28. The topological polar surface area (TPSA) is 0 Å². The minimum atomic E-state index is 0.243. The van der Waals surface area contributed by atoms with E-state index >= 15 is 0 Å². The van der Waals surface area contributed by atoms with Gasteiger partial charge in [-0.1, -0.05) is 62.0 Å². The Bertz CT molecular complexity index is 381. The predicted octanol–water partition coefficient (Wildman–Crippen LogP) is 5.79. The lowest BCUT2D eigenvalue weighted by atomic mass is 9.80. The Morgan fingerprint density at radius 2 is 1.65 bits per heavy atom. The minimum absolute atomic E-state index is 0.243. The van der Waals surface area contributed by atoms with E-state index in [0.29, 0.717) is 0 Å². The molecule has 0 aliphatic heterocycles. The Morgan fingerprint density at radius 3 is 2.24 bits per heavy atom. The molecule has 0 spiro atoms. The smallest absolute Gasteiger partial charge is 0.0181 e. The van der Waals surface area contributed by atoms with E-state index in [4.69, 9.17) is 0 Å². The van der Waals surface area contributed by atoms with Crippen molar-refractivity contribution in [3.63, 3.8) is 0 Å². The molecule has 2 rings (SSSR count). The zero-order valence-corrected chi connectivity index (χ0v) is 12.8. The first-order chi connectivity index (χ1) is 7.97. The molecule has 1 aromatic carbocycles. The third-order valence-corrected chi connectivity index (χ3v) is 4.32. The fraction of sp³-hybridized carbons (Fsp3) is 0.625. The van der Waals surface area contributed by atoms with Crippen molar-refractivity contribution < 1.29 is 0 Å². The zero-order valence-electron chi connectivity index (χ0n) is 11.2. The van der Waals surface area contributed by atoms with Gasteiger partial charge in [-0.05, 0) is 47.4 Å². The van der Waals surface area contributed by atoms with E-state index in [1.54, 1.807) is 5.56 Å². The minimum Gasteiger partial charge on any atom is -0.0561 e. The lowest BCUT2D eigenvalue weighted by Crippen LogP contribution is -2.13. The van der Waals surface area contributed by atoms with Crippen molar-refractivity contribution in [2.24, 2.45) is 0 Å². The maximum Gasteiger partial charge on any atom is 0.0181 e. The van der Waals surface area contributed by atoms with Crippen LogP contribution in [0.2, 0.25) is 0 Å². The number of rotatable bonds is 1. The summed E-state index contributed by atoms with van der Waals surface area (Å²) in [5, 5.41) is 0. The van der Waals surface area contributed by atoms with Crippen LogP contribution in [0.5, 0.6) is 0 Å². The SMILES string of the molecule is CC(C)(C)c1cc(Br)cc(C2CCCCC2)c1. The van der Waals surface area contributed by atoms with Crippen LogP contribution in [0.3, 0.4) is 0 Å². The van der Waals surface area contributed by atoms with E-state index in [1.165, 1.54) is 42.1 Å². The Balaban J connectivity index is 2.31. The summed E-state index contributed by atoms with van der Waals surface area (Å²) < 4.78 is 1.24. The van der Waals surface area contributed by atoms with E-state index in [9.17, 15) is 0 Å². The molecule has 0 bridgehead atoms. The van der Waals surface area contributed by atoms with Gasteiger partial charge in [0.2, 0.25) is 0 Å². The number of hydrogen-bond acceptors (Lipinski definition) is 0. The monoisotopic (exact) mass is 294 g/mol. The van der Waals surface area contributed by atoms with E-state index in [0.717, 1.165) is 5.92 Å². The first kappa shape index (κ1) is 13.1. The average molecular weight is 295 g/mol. The summed E-state index contributed by atoms with van der Waals surface area (Å²) in [6.45, 7) is 6.87. The molecule has 0 radical (unpaired) electrons. The molecule has 0 N–H and O–H groups in total. The van der Waals surface area contributed by atoms with Crippen molar-refractivity contribution in [3.8, 4) is 0 Å². The summed E-state index contributed by atoms with van der Waals surface area (Å²) >= 11 is 3.67. The largest absolute Gasteiger partial charge is 0.0561 e. The van der Waals surface area contributed by atoms with Crippen LogP contribution >= 0.6 is 15.9 Å². The Hall–Kier alpha value is -0.300. The van der Waals surface area contributed by atoms with Crippen molar-refractivity contribution in [3.05, 3.63) is 33.8 Å². The Kier molecular flexibility index (Phi) is 3.97. The van der Waals surface area contributed by atoms with Crippen molar-refractivity contribution in [2.75, 3.05) is 0 Å². The van der Waals surface area contributed by atoms with Gasteiger partial charge in [0.1, 0.15) is 0 Å². The fourth-order valence-electron chi connectivity index (χ4n) is 2.72. The van der Waals surface area contributed by atoms with Gasteiger partial charge in [-0.2, -0.15) is 0 Å². The van der Waals surface area contributed by atoms with Crippen LogP contribution in [0.15, 0.2) is 22.7 Å². The Morgan fingerprint density at radius 1 is 1.00 bits per heavy atom. The molecule has 0 atom stereocenters. The van der Waals surface area contributed by atoms with Gasteiger partial charge in [-0.15, -0.1) is 0 Å². The molecule has 0 amide bonds. The van der Waals surface area contributed by atoms with E-state index < -0.39 is 0 Å². The van der Waals surface area contributed by atoms with Crippen molar-refractivity contribution >= 4 is 15.9 Å². The summed E-state index contributed by atoms with van der Waals surface area (Å²) in [5.41, 5.74) is 3.24. The molecule has 0 aromatic heterocycles. The van der Waals surface area contributed by atoms with Crippen molar-refractivity contribution in [1.29, 1.82) is 0 Å². The standard InChI is InChI=1S/C16H23Br/c1-16(2,3)14-9-13(10-15(17)11-14)12-7-5-4-6-8-12/h9-12H,4-8H2,1-3H3. The molecule has 0 unspecified atom stereocenters.